The van der Waals surface area contributed by atoms with Gasteiger partial charge in [-0.2, -0.15) is 0 Å². The number of benzene rings is 2. The van der Waals surface area contributed by atoms with Crippen LogP contribution in [-0.4, -0.2) is 6.54 Å². The smallest absolute Gasteiger partial charge is 0.123 e. The molecule has 106 valence electrons. The second-order valence-electron chi connectivity index (χ2n) is 5.03. The lowest BCUT2D eigenvalue weighted by Gasteiger charge is -2.11. The first kappa shape index (κ1) is 14.7. The Balaban J connectivity index is 2.30. The van der Waals surface area contributed by atoms with Crippen molar-refractivity contribution in [3.63, 3.8) is 0 Å². The normalized spacial score (nSPS) is 10.8. The van der Waals surface area contributed by atoms with Crippen molar-refractivity contribution >= 4 is 0 Å². The Kier molecular flexibility index (Phi) is 5.31. The van der Waals surface area contributed by atoms with Crippen molar-refractivity contribution in [1.82, 2.24) is 5.32 Å². The fourth-order valence-electron chi connectivity index (χ4n) is 2.39. The molecule has 0 heterocycles. The second kappa shape index (κ2) is 7.20. The molecule has 20 heavy (non-hydrogen) atoms. The average Bonchev–Trinajstić information content (AvgIpc) is 2.47. The van der Waals surface area contributed by atoms with Crippen molar-refractivity contribution in [1.29, 1.82) is 0 Å². The Morgan fingerprint density at radius 1 is 1.00 bits per heavy atom. The van der Waals surface area contributed by atoms with Crippen LogP contribution < -0.4 is 5.32 Å². The Morgan fingerprint density at radius 2 is 1.75 bits per heavy atom. The van der Waals surface area contributed by atoms with Crippen LogP contribution in [0.5, 0.6) is 0 Å². The molecule has 0 radical (unpaired) electrons. The fourth-order valence-corrected chi connectivity index (χ4v) is 2.39. The quantitative estimate of drug-likeness (QED) is 0.812. The highest BCUT2D eigenvalue weighted by molar-refractivity contribution is 5.67. The summed E-state index contributed by atoms with van der Waals surface area (Å²) < 4.78 is 13.4. The standard InChI is InChI=1S/C18H22FN/c1-3-5-14-6-8-15(9-7-14)18-11-10-17(19)12-16(18)13-20-4-2/h6-12,20H,3-5,13H2,1-2H3. The number of rotatable bonds is 6. The Hall–Kier alpha value is -1.67. The summed E-state index contributed by atoms with van der Waals surface area (Å²) in [6.07, 6.45) is 2.26. The average molecular weight is 271 g/mol. The monoisotopic (exact) mass is 271 g/mol. The molecule has 2 heteroatoms. The molecule has 0 aliphatic heterocycles. The van der Waals surface area contributed by atoms with Crippen LogP contribution in [0.15, 0.2) is 42.5 Å². The van der Waals surface area contributed by atoms with Crippen molar-refractivity contribution in [3.05, 3.63) is 59.4 Å². The summed E-state index contributed by atoms with van der Waals surface area (Å²) in [4.78, 5) is 0. The molecule has 1 nitrogen and oxygen atoms in total. The van der Waals surface area contributed by atoms with Gasteiger partial charge in [0.05, 0.1) is 0 Å². The summed E-state index contributed by atoms with van der Waals surface area (Å²) in [5.74, 6) is -0.177. The highest BCUT2D eigenvalue weighted by atomic mass is 19.1. The molecule has 0 fully saturated rings. The molecule has 2 rings (SSSR count). The molecule has 0 aliphatic rings. The lowest BCUT2D eigenvalue weighted by Crippen LogP contribution is -2.12. The van der Waals surface area contributed by atoms with E-state index < -0.39 is 0 Å². The first-order valence-corrected chi connectivity index (χ1v) is 7.33. The van der Waals surface area contributed by atoms with Crippen molar-refractivity contribution in [2.24, 2.45) is 0 Å². The zero-order chi connectivity index (χ0) is 14.4. The van der Waals surface area contributed by atoms with E-state index in [2.05, 4.69) is 43.4 Å². The van der Waals surface area contributed by atoms with E-state index in [9.17, 15) is 4.39 Å². The first-order valence-electron chi connectivity index (χ1n) is 7.33. The van der Waals surface area contributed by atoms with Gasteiger partial charge >= 0.3 is 0 Å². The number of halogens is 1. The molecule has 2 aromatic carbocycles. The molecule has 0 amide bonds. The molecule has 0 bridgehead atoms. The highest BCUT2D eigenvalue weighted by Crippen LogP contribution is 2.25. The fraction of sp³-hybridized carbons (Fsp3) is 0.333. The van der Waals surface area contributed by atoms with Crippen LogP contribution in [0.1, 0.15) is 31.4 Å². The zero-order valence-electron chi connectivity index (χ0n) is 12.2. The van der Waals surface area contributed by atoms with Crippen LogP contribution in [0, 0.1) is 5.82 Å². The van der Waals surface area contributed by atoms with Gasteiger partial charge in [-0.05, 0) is 47.4 Å². The molecular formula is C18H22FN. The third-order valence-corrected chi connectivity index (χ3v) is 3.44. The summed E-state index contributed by atoms with van der Waals surface area (Å²) in [6, 6.07) is 13.6. The third-order valence-electron chi connectivity index (χ3n) is 3.44. The van der Waals surface area contributed by atoms with Gasteiger partial charge in [-0.3, -0.25) is 0 Å². The number of hydrogen-bond donors (Lipinski definition) is 1. The minimum atomic E-state index is -0.177. The van der Waals surface area contributed by atoms with Crippen molar-refractivity contribution < 1.29 is 4.39 Å². The minimum absolute atomic E-state index is 0.177. The predicted octanol–water partition coefficient (Wildman–Crippen LogP) is 4.55. The van der Waals surface area contributed by atoms with Crippen molar-refractivity contribution in [2.75, 3.05) is 6.54 Å². The van der Waals surface area contributed by atoms with E-state index in [1.165, 1.54) is 11.6 Å². The molecule has 2 aromatic rings. The Labute approximate surface area is 120 Å². The molecule has 0 unspecified atom stereocenters. The maximum absolute atomic E-state index is 13.4. The molecule has 1 N–H and O–H groups in total. The van der Waals surface area contributed by atoms with E-state index in [0.29, 0.717) is 6.54 Å². The van der Waals surface area contributed by atoms with Gasteiger partial charge in [-0.25, -0.2) is 4.39 Å². The second-order valence-corrected chi connectivity index (χ2v) is 5.03. The van der Waals surface area contributed by atoms with Gasteiger partial charge in [0, 0.05) is 6.54 Å². The topological polar surface area (TPSA) is 12.0 Å². The van der Waals surface area contributed by atoms with Crippen LogP contribution in [0.2, 0.25) is 0 Å². The Morgan fingerprint density at radius 3 is 2.40 bits per heavy atom. The lowest BCUT2D eigenvalue weighted by molar-refractivity contribution is 0.622. The maximum Gasteiger partial charge on any atom is 0.123 e. The minimum Gasteiger partial charge on any atom is -0.313 e. The summed E-state index contributed by atoms with van der Waals surface area (Å²) in [6.45, 7) is 5.81. The van der Waals surface area contributed by atoms with E-state index in [0.717, 1.165) is 36.1 Å². The van der Waals surface area contributed by atoms with Crippen LogP contribution in [0.25, 0.3) is 11.1 Å². The van der Waals surface area contributed by atoms with Gasteiger partial charge in [0.15, 0.2) is 0 Å². The SMILES string of the molecule is CCCc1ccc(-c2ccc(F)cc2CNCC)cc1. The van der Waals surface area contributed by atoms with Gasteiger partial charge in [-0.15, -0.1) is 0 Å². The van der Waals surface area contributed by atoms with Gasteiger partial charge < -0.3 is 5.32 Å². The largest absolute Gasteiger partial charge is 0.313 e. The number of aryl methyl sites for hydroxylation is 1. The molecule has 0 spiro atoms. The third kappa shape index (κ3) is 3.67. The van der Waals surface area contributed by atoms with Crippen LogP contribution in [0.4, 0.5) is 4.39 Å². The van der Waals surface area contributed by atoms with Gasteiger partial charge in [-0.1, -0.05) is 50.6 Å². The molecular weight excluding hydrogens is 249 g/mol. The zero-order valence-corrected chi connectivity index (χ0v) is 12.2. The van der Waals surface area contributed by atoms with Gasteiger partial charge in [0.2, 0.25) is 0 Å². The molecule has 0 saturated carbocycles. The highest BCUT2D eigenvalue weighted by Gasteiger charge is 2.06. The molecule has 0 atom stereocenters. The van der Waals surface area contributed by atoms with Crippen molar-refractivity contribution in [2.45, 2.75) is 33.2 Å². The first-order chi connectivity index (χ1) is 9.74. The van der Waals surface area contributed by atoms with E-state index in [1.54, 1.807) is 6.07 Å². The molecule has 0 aliphatic carbocycles. The van der Waals surface area contributed by atoms with Gasteiger partial charge in [0.1, 0.15) is 5.82 Å². The maximum atomic E-state index is 13.4. The van der Waals surface area contributed by atoms with Crippen LogP contribution in [0.3, 0.4) is 0 Å². The summed E-state index contributed by atoms with van der Waals surface area (Å²) in [7, 11) is 0. The summed E-state index contributed by atoms with van der Waals surface area (Å²) in [5.41, 5.74) is 4.62. The van der Waals surface area contributed by atoms with Crippen LogP contribution >= 0.6 is 0 Å². The lowest BCUT2D eigenvalue weighted by atomic mass is 9.97. The molecule has 0 saturated heterocycles. The number of hydrogen-bond acceptors (Lipinski definition) is 1. The van der Waals surface area contributed by atoms with Gasteiger partial charge in [0.25, 0.3) is 0 Å². The molecule has 0 aromatic heterocycles. The summed E-state index contributed by atoms with van der Waals surface area (Å²) >= 11 is 0. The van der Waals surface area contributed by atoms with Crippen molar-refractivity contribution in [3.8, 4) is 11.1 Å². The van der Waals surface area contributed by atoms with E-state index in [-0.39, 0.29) is 5.82 Å². The van der Waals surface area contributed by atoms with Crippen LogP contribution in [-0.2, 0) is 13.0 Å². The number of nitrogens with one attached hydrogen (secondary N) is 1. The Bertz CT molecular complexity index is 546. The van der Waals surface area contributed by atoms with E-state index >= 15 is 0 Å². The van der Waals surface area contributed by atoms with E-state index in [1.807, 2.05) is 6.07 Å². The summed E-state index contributed by atoms with van der Waals surface area (Å²) in [5, 5.41) is 3.27. The predicted molar refractivity (Wildman–Crippen MR) is 83.2 cm³/mol. The van der Waals surface area contributed by atoms with E-state index in [4.69, 9.17) is 0 Å².